The van der Waals surface area contributed by atoms with Gasteiger partial charge in [-0.1, -0.05) is 35.4 Å². The van der Waals surface area contributed by atoms with Crippen LogP contribution in [0.4, 0.5) is 11.4 Å². The van der Waals surface area contributed by atoms with E-state index in [0.717, 1.165) is 22.4 Å². The zero-order valence-electron chi connectivity index (χ0n) is 14.5. The molecule has 0 aromatic heterocycles. The predicted octanol–water partition coefficient (Wildman–Crippen LogP) is 3.66. The third kappa shape index (κ3) is 2.92. The van der Waals surface area contributed by atoms with Crippen molar-refractivity contribution in [1.29, 1.82) is 0 Å². The Morgan fingerprint density at radius 3 is 2.17 bits per heavy atom. The molecule has 1 aliphatic rings. The van der Waals surface area contributed by atoms with Gasteiger partial charge < -0.3 is 5.32 Å². The van der Waals surface area contributed by atoms with Crippen LogP contribution in [-0.4, -0.2) is 17.9 Å². The molecule has 1 aliphatic heterocycles. The highest BCUT2D eigenvalue weighted by molar-refractivity contribution is 6.23. The van der Waals surface area contributed by atoms with Crippen molar-refractivity contribution in [2.24, 2.45) is 0 Å². The smallest absolute Gasteiger partial charge is 0.256 e. The summed E-state index contributed by atoms with van der Waals surface area (Å²) < 4.78 is 0. The van der Waals surface area contributed by atoms with Gasteiger partial charge in [-0.2, -0.15) is 0 Å². The number of nitrogens with one attached hydrogen (secondary N) is 1. The van der Waals surface area contributed by atoms with Crippen molar-refractivity contribution in [3.8, 4) is 0 Å². The lowest BCUT2D eigenvalue weighted by Gasteiger charge is -2.19. The van der Waals surface area contributed by atoms with Crippen molar-refractivity contribution in [3.63, 3.8) is 0 Å². The molecule has 24 heavy (non-hydrogen) atoms. The van der Waals surface area contributed by atoms with Gasteiger partial charge in [-0.3, -0.25) is 9.59 Å². The molecule has 4 nitrogen and oxygen atoms in total. The van der Waals surface area contributed by atoms with Gasteiger partial charge in [0, 0.05) is 5.69 Å². The van der Waals surface area contributed by atoms with E-state index < -0.39 is 6.04 Å². The van der Waals surface area contributed by atoms with Gasteiger partial charge in [-0.25, -0.2) is 4.90 Å². The van der Waals surface area contributed by atoms with Gasteiger partial charge in [0.2, 0.25) is 5.91 Å². The molecule has 1 N–H and O–H groups in total. The molecule has 2 aromatic rings. The van der Waals surface area contributed by atoms with Gasteiger partial charge >= 0.3 is 0 Å². The first kappa shape index (κ1) is 16.2. The Morgan fingerprint density at radius 1 is 0.917 bits per heavy atom. The Kier molecular flexibility index (Phi) is 4.14. The minimum absolute atomic E-state index is 0.158. The van der Waals surface area contributed by atoms with Crippen LogP contribution in [0.5, 0.6) is 0 Å². The van der Waals surface area contributed by atoms with Crippen molar-refractivity contribution in [3.05, 3.63) is 58.7 Å². The molecule has 0 spiro atoms. The summed E-state index contributed by atoms with van der Waals surface area (Å²) in [5, 5.41) is 3.24. The molecule has 1 heterocycles. The van der Waals surface area contributed by atoms with Gasteiger partial charge in [0.15, 0.2) is 0 Å². The number of aryl methyl sites for hydroxylation is 4. The summed E-state index contributed by atoms with van der Waals surface area (Å²) in [7, 11) is 0. The Labute approximate surface area is 142 Å². The first-order valence-electron chi connectivity index (χ1n) is 8.14. The lowest BCUT2D eigenvalue weighted by molar-refractivity contribution is -0.121. The molecule has 0 aliphatic carbocycles. The number of benzene rings is 2. The largest absolute Gasteiger partial charge is 0.373 e. The number of hydrogen-bond acceptors (Lipinski definition) is 3. The normalized spacial score (nSPS) is 17.5. The van der Waals surface area contributed by atoms with E-state index in [1.165, 1.54) is 10.5 Å². The van der Waals surface area contributed by atoms with Gasteiger partial charge in [0.05, 0.1) is 12.1 Å². The number of anilines is 2. The monoisotopic (exact) mass is 322 g/mol. The van der Waals surface area contributed by atoms with Crippen LogP contribution in [0.15, 0.2) is 36.4 Å². The summed E-state index contributed by atoms with van der Waals surface area (Å²) in [5.41, 5.74) is 5.86. The minimum Gasteiger partial charge on any atom is -0.373 e. The van der Waals surface area contributed by atoms with E-state index in [4.69, 9.17) is 0 Å². The summed E-state index contributed by atoms with van der Waals surface area (Å²) in [6, 6.07) is 11.3. The van der Waals surface area contributed by atoms with Crippen LogP contribution >= 0.6 is 0 Å². The molecule has 3 rings (SSSR count). The first-order chi connectivity index (χ1) is 11.4. The number of rotatable bonds is 3. The summed E-state index contributed by atoms with van der Waals surface area (Å²) >= 11 is 0. The topological polar surface area (TPSA) is 49.4 Å². The van der Waals surface area contributed by atoms with Crippen LogP contribution in [0, 0.1) is 27.7 Å². The van der Waals surface area contributed by atoms with E-state index >= 15 is 0 Å². The van der Waals surface area contributed by atoms with Crippen LogP contribution in [0.3, 0.4) is 0 Å². The predicted molar refractivity (Wildman–Crippen MR) is 96.4 cm³/mol. The van der Waals surface area contributed by atoms with Crippen LogP contribution in [0.1, 0.15) is 28.7 Å². The minimum atomic E-state index is -0.514. The van der Waals surface area contributed by atoms with Crippen molar-refractivity contribution in [2.45, 2.75) is 40.2 Å². The fraction of sp³-hybridized carbons (Fsp3) is 0.300. The highest BCUT2D eigenvalue weighted by atomic mass is 16.2. The summed E-state index contributed by atoms with van der Waals surface area (Å²) in [6.07, 6.45) is 0.180. The highest BCUT2D eigenvalue weighted by Crippen LogP contribution is 2.29. The Hall–Kier alpha value is -2.62. The highest BCUT2D eigenvalue weighted by Gasteiger charge is 2.40. The molecule has 0 saturated carbocycles. The van der Waals surface area contributed by atoms with E-state index in [9.17, 15) is 9.59 Å². The number of carbonyl (C=O) groups is 2. The third-order valence-corrected chi connectivity index (χ3v) is 4.45. The van der Waals surface area contributed by atoms with Crippen LogP contribution < -0.4 is 10.2 Å². The number of nitrogens with zero attached hydrogens (tertiary/aromatic N) is 1. The summed E-state index contributed by atoms with van der Waals surface area (Å²) in [5.74, 6) is -0.346. The Balaban J connectivity index is 1.86. The molecule has 1 saturated heterocycles. The number of carbonyl (C=O) groups excluding carboxylic acids is 2. The van der Waals surface area contributed by atoms with Crippen LogP contribution in [-0.2, 0) is 9.59 Å². The van der Waals surface area contributed by atoms with E-state index in [2.05, 4.69) is 11.4 Å². The maximum atomic E-state index is 12.8. The lowest BCUT2D eigenvalue weighted by atomic mass is 10.1. The standard InChI is InChI=1S/C20H22N2O2/c1-12-5-7-16(14(3)9-12)21-17-11-19(23)22(20(17)24)18-8-6-13(2)10-15(18)4/h5-10,17,21H,11H2,1-4H3/t17-/m1/s1. The van der Waals surface area contributed by atoms with E-state index in [-0.39, 0.29) is 18.2 Å². The fourth-order valence-corrected chi connectivity index (χ4v) is 3.22. The molecule has 0 bridgehead atoms. The van der Waals surface area contributed by atoms with Crippen molar-refractivity contribution < 1.29 is 9.59 Å². The van der Waals surface area contributed by atoms with E-state index in [1.54, 1.807) is 0 Å². The van der Waals surface area contributed by atoms with Crippen molar-refractivity contribution in [2.75, 3.05) is 10.2 Å². The second-order valence-electron chi connectivity index (χ2n) is 6.58. The zero-order valence-corrected chi connectivity index (χ0v) is 14.5. The molecule has 0 unspecified atom stereocenters. The summed E-state index contributed by atoms with van der Waals surface area (Å²) in [4.78, 5) is 26.5. The molecule has 124 valence electrons. The Bertz CT molecular complexity index is 826. The van der Waals surface area contributed by atoms with E-state index in [1.807, 2.05) is 58.0 Å². The van der Waals surface area contributed by atoms with Gasteiger partial charge in [0.1, 0.15) is 6.04 Å². The van der Waals surface area contributed by atoms with Crippen LogP contribution in [0.25, 0.3) is 0 Å². The molecular formula is C20H22N2O2. The van der Waals surface area contributed by atoms with Gasteiger partial charge in [-0.05, 0) is 51.0 Å². The quantitative estimate of drug-likeness (QED) is 0.877. The third-order valence-electron chi connectivity index (χ3n) is 4.45. The molecule has 2 aromatic carbocycles. The van der Waals surface area contributed by atoms with Crippen molar-refractivity contribution in [1.82, 2.24) is 0 Å². The second kappa shape index (κ2) is 6.11. The van der Waals surface area contributed by atoms with Crippen LogP contribution in [0.2, 0.25) is 0 Å². The van der Waals surface area contributed by atoms with Gasteiger partial charge in [0.25, 0.3) is 5.91 Å². The van der Waals surface area contributed by atoms with Crippen molar-refractivity contribution >= 4 is 23.2 Å². The number of hydrogen-bond donors (Lipinski definition) is 1. The number of imide groups is 1. The molecule has 4 heteroatoms. The molecular weight excluding hydrogens is 300 g/mol. The molecule has 0 radical (unpaired) electrons. The average Bonchev–Trinajstić information content (AvgIpc) is 2.77. The number of amides is 2. The second-order valence-corrected chi connectivity index (χ2v) is 6.58. The average molecular weight is 322 g/mol. The zero-order chi connectivity index (χ0) is 17.4. The lowest BCUT2D eigenvalue weighted by Crippen LogP contribution is -2.35. The maximum absolute atomic E-state index is 12.8. The fourth-order valence-electron chi connectivity index (χ4n) is 3.22. The Morgan fingerprint density at radius 2 is 1.54 bits per heavy atom. The van der Waals surface area contributed by atoms with E-state index in [0.29, 0.717) is 5.69 Å². The first-order valence-corrected chi connectivity index (χ1v) is 8.14. The SMILES string of the molecule is Cc1ccc(N[C@@H]2CC(=O)N(c3ccc(C)cc3C)C2=O)c(C)c1. The summed E-state index contributed by atoms with van der Waals surface area (Å²) in [6.45, 7) is 7.95. The molecule has 2 amide bonds. The molecule has 1 fully saturated rings. The maximum Gasteiger partial charge on any atom is 0.256 e. The van der Waals surface area contributed by atoms with Gasteiger partial charge in [-0.15, -0.1) is 0 Å². The molecule has 1 atom stereocenters.